The number of methoxy groups -OCH3 is 1. The first-order valence-corrected chi connectivity index (χ1v) is 16.9. The van der Waals surface area contributed by atoms with Crippen molar-refractivity contribution in [3.05, 3.63) is 23.9 Å². The molecule has 1 aromatic carbocycles. The molecule has 12 heteroatoms. The lowest BCUT2D eigenvalue weighted by Gasteiger charge is -2.37. The Morgan fingerprint density at radius 3 is 2.60 bits per heavy atom. The molecule has 6 rings (SSSR count). The Morgan fingerprint density at radius 1 is 1.15 bits per heavy atom. The van der Waals surface area contributed by atoms with Gasteiger partial charge in [0.1, 0.15) is 29.8 Å². The predicted octanol–water partition coefficient (Wildman–Crippen LogP) is 6.04. The highest BCUT2D eigenvalue weighted by Gasteiger charge is 2.59. The second-order valence-electron chi connectivity index (χ2n) is 15.1. The number of amides is 2. The van der Waals surface area contributed by atoms with Crippen molar-refractivity contribution in [3.63, 3.8) is 0 Å². The quantitative estimate of drug-likeness (QED) is 0.397. The maximum Gasteiger partial charge on any atom is 0.408 e. The maximum absolute atomic E-state index is 16.5. The van der Waals surface area contributed by atoms with Crippen molar-refractivity contribution in [3.8, 4) is 11.6 Å². The molecular formula is C35H46F2N4O6. The summed E-state index contributed by atoms with van der Waals surface area (Å²) in [5.74, 6) is -5.29. The minimum Gasteiger partial charge on any atom is -0.497 e. The summed E-state index contributed by atoms with van der Waals surface area (Å²) < 4.78 is 50.8. The van der Waals surface area contributed by atoms with Crippen molar-refractivity contribution in [1.29, 1.82) is 0 Å². The number of alkyl carbamates (subject to hydrolysis) is 1. The molecule has 3 fully saturated rings. The third-order valence-corrected chi connectivity index (χ3v) is 11.0. The van der Waals surface area contributed by atoms with E-state index in [1.807, 2.05) is 34.6 Å². The van der Waals surface area contributed by atoms with E-state index < -0.39 is 64.7 Å². The van der Waals surface area contributed by atoms with E-state index in [4.69, 9.17) is 14.2 Å². The van der Waals surface area contributed by atoms with Crippen LogP contribution in [0, 0.1) is 29.1 Å². The molecule has 1 N–H and O–H groups in total. The fourth-order valence-electron chi connectivity index (χ4n) is 8.10. The van der Waals surface area contributed by atoms with Crippen LogP contribution in [0.1, 0.15) is 85.3 Å². The largest absolute Gasteiger partial charge is 0.497 e. The van der Waals surface area contributed by atoms with Crippen molar-refractivity contribution in [2.75, 3.05) is 13.7 Å². The Morgan fingerprint density at radius 2 is 1.91 bits per heavy atom. The minimum atomic E-state index is -3.33. The molecule has 1 saturated heterocycles. The number of nitrogens with zero attached hydrogens (tertiary/aromatic N) is 3. The van der Waals surface area contributed by atoms with Gasteiger partial charge in [-0.25, -0.2) is 14.8 Å². The molecule has 2 bridgehead atoms. The SMILES string of the molecule is CC[C@@H]1[C@@H]2CN(C(=O)[C@H](C(C)(C)C)NC(=O)O[C@]3(C)CCC[C@H]3CCC3CC3C(F)(F)c3nc4ccc(OC)cc4nc3O2)[C@@H]1C=O. The topological polar surface area (TPSA) is 120 Å². The van der Waals surface area contributed by atoms with E-state index >= 15 is 8.78 Å². The number of carbonyl (C=O) groups is 3. The van der Waals surface area contributed by atoms with E-state index in [9.17, 15) is 14.4 Å². The second kappa shape index (κ2) is 12.1. The van der Waals surface area contributed by atoms with E-state index in [-0.39, 0.29) is 29.8 Å². The Balaban J connectivity index is 1.45. The molecule has 0 radical (unpaired) electrons. The van der Waals surface area contributed by atoms with Gasteiger partial charge < -0.3 is 29.2 Å². The molecule has 8 atom stereocenters. The summed E-state index contributed by atoms with van der Waals surface area (Å²) in [5, 5.41) is 2.84. The van der Waals surface area contributed by atoms with Crippen LogP contribution < -0.4 is 14.8 Å². The van der Waals surface area contributed by atoms with Gasteiger partial charge >= 0.3 is 6.09 Å². The predicted molar refractivity (Wildman–Crippen MR) is 169 cm³/mol. The van der Waals surface area contributed by atoms with Gasteiger partial charge in [0.15, 0.2) is 5.69 Å². The average molecular weight is 657 g/mol. The Bertz CT molecular complexity index is 1550. The van der Waals surface area contributed by atoms with Gasteiger partial charge in [0.25, 0.3) is 5.92 Å². The molecule has 0 spiro atoms. The zero-order chi connectivity index (χ0) is 33.9. The lowest BCUT2D eigenvalue weighted by molar-refractivity contribution is -0.139. The molecule has 2 aliphatic carbocycles. The van der Waals surface area contributed by atoms with Crippen LogP contribution in [-0.4, -0.2) is 70.6 Å². The van der Waals surface area contributed by atoms with Crippen LogP contribution in [0.3, 0.4) is 0 Å². The van der Waals surface area contributed by atoms with E-state index in [2.05, 4.69) is 15.3 Å². The molecule has 3 heterocycles. The summed E-state index contributed by atoms with van der Waals surface area (Å²) in [6.45, 7) is 9.20. The van der Waals surface area contributed by atoms with Crippen LogP contribution in [0.15, 0.2) is 18.2 Å². The lowest BCUT2D eigenvalue weighted by atomic mass is 9.85. The molecule has 256 valence electrons. The number of benzene rings is 1. The first-order chi connectivity index (χ1) is 22.2. The molecule has 2 amide bonds. The van der Waals surface area contributed by atoms with Gasteiger partial charge in [0.2, 0.25) is 11.8 Å². The molecule has 1 aromatic heterocycles. The Hall–Kier alpha value is -3.57. The van der Waals surface area contributed by atoms with Gasteiger partial charge in [-0.3, -0.25) is 4.79 Å². The summed E-state index contributed by atoms with van der Waals surface area (Å²) in [4.78, 5) is 50.7. The number of halogens is 2. The molecule has 47 heavy (non-hydrogen) atoms. The Kier molecular flexibility index (Phi) is 8.62. The third kappa shape index (κ3) is 6.12. The van der Waals surface area contributed by atoms with Crippen LogP contribution in [-0.2, 0) is 20.2 Å². The highest BCUT2D eigenvalue weighted by Crippen LogP contribution is 2.58. The van der Waals surface area contributed by atoms with Gasteiger partial charge in [0, 0.05) is 17.9 Å². The normalized spacial score (nSPS) is 34.1. The number of hydrogen-bond acceptors (Lipinski definition) is 8. The number of alkyl halides is 2. The summed E-state index contributed by atoms with van der Waals surface area (Å²) in [6.07, 6.45) is 3.48. The van der Waals surface area contributed by atoms with Crippen molar-refractivity contribution < 1.29 is 37.4 Å². The van der Waals surface area contributed by atoms with Gasteiger partial charge in [-0.1, -0.05) is 27.7 Å². The lowest BCUT2D eigenvalue weighted by Crippen LogP contribution is -2.57. The third-order valence-electron chi connectivity index (χ3n) is 11.0. The maximum atomic E-state index is 16.5. The van der Waals surface area contributed by atoms with Crippen LogP contribution in [0.4, 0.5) is 13.6 Å². The number of carbonyl (C=O) groups excluding carboxylic acids is 3. The molecule has 2 saturated carbocycles. The minimum absolute atomic E-state index is 0.00391. The molecule has 10 nitrogen and oxygen atoms in total. The van der Waals surface area contributed by atoms with Crippen molar-refractivity contribution in [2.24, 2.45) is 29.1 Å². The number of fused-ring (bicyclic) bond motifs is 6. The number of nitrogens with one attached hydrogen (secondary N) is 1. The van der Waals surface area contributed by atoms with Crippen LogP contribution in [0.25, 0.3) is 11.0 Å². The summed E-state index contributed by atoms with van der Waals surface area (Å²) in [5.41, 5.74) is -1.43. The summed E-state index contributed by atoms with van der Waals surface area (Å²) in [7, 11) is 1.50. The smallest absolute Gasteiger partial charge is 0.408 e. The molecule has 2 aromatic rings. The van der Waals surface area contributed by atoms with Crippen molar-refractivity contribution >= 4 is 29.3 Å². The number of hydrogen-bond donors (Lipinski definition) is 1. The fourth-order valence-corrected chi connectivity index (χ4v) is 8.10. The van der Waals surface area contributed by atoms with Gasteiger partial charge in [-0.15, -0.1) is 0 Å². The average Bonchev–Trinajstić information content (AvgIpc) is 3.61. The number of ether oxygens (including phenoxy) is 3. The van der Waals surface area contributed by atoms with Crippen LogP contribution in [0.5, 0.6) is 11.6 Å². The van der Waals surface area contributed by atoms with E-state index in [1.54, 1.807) is 18.2 Å². The first kappa shape index (κ1) is 33.3. The Labute approximate surface area is 274 Å². The number of aromatic nitrogens is 2. The first-order valence-electron chi connectivity index (χ1n) is 16.9. The summed E-state index contributed by atoms with van der Waals surface area (Å²) in [6, 6.07) is 2.95. The van der Waals surface area contributed by atoms with Crippen molar-refractivity contribution in [1.82, 2.24) is 20.2 Å². The van der Waals surface area contributed by atoms with Gasteiger partial charge in [-0.05, 0) is 81.3 Å². The molecular weight excluding hydrogens is 610 g/mol. The van der Waals surface area contributed by atoms with Crippen LogP contribution in [0.2, 0.25) is 0 Å². The summed E-state index contributed by atoms with van der Waals surface area (Å²) >= 11 is 0. The van der Waals surface area contributed by atoms with E-state index in [0.717, 1.165) is 12.8 Å². The highest BCUT2D eigenvalue weighted by molar-refractivity contribution is 5.89. The second-order valence-corrected chi connectivity index (χ2v) is 15.1. The fraction of sp³-hybridized carbons (Fsp3) is 0.686. The zero-order valence-electron chi connectivity index (χ0n) is 28.1. The number of rotatable bonds is 3. The monoisotopic (exact) mass is 656 g/mol. The van der Waals surface area contributed by atoms with E-state index in [0.29, 0.717) is 49.7 Å². The number of aldehydes is 1. The van der Waals surface area contributed by atoms with Gasteiger partial charge in [-0.2, -0.15) is 8.78 Å². The highest BCUT2D eigenvalue weighted by atomic mass is 19.3. The van der Waals surface area contributed by atoms with Gasteiger partial charge in [0.05, 0.1) is 30.7 Å². The van der Waals surface area contributed by atoms with Crippen molar-refractivity contribution in [2.45, 2.75) is 109 Å². The molecule has 2 unspecified atom stereocenters. The van der Waals surface area contributed by atoms with E-state index in [1.165, 1.54) is 12.0 Å². The molecule has 4 aliphatic rings. The zero-order valence-corrected chi connectivity index (χ0v) is 28.1. The molecule has 2 aliphatic heterocycles. The van der Waals surface area contributed by atoms with Crippen LogP contribution >= 0.6 is 0 Å². The standard InChI is InChI=1S/C35H46F2N4O6/c1-7-22-26(18-42)41-17-27(22)46-30-28(38-24-13-12-21(45-6)16-25(24)39-30)35(36,37)23-15-19(23)10-11-20-9-8-14-34(20,5)47-32(44)40-29(31(41)43)33(2,3)4/h12-13,16,18-20,22-23,26-27,29H,7-11,14-15,17H2,1-6H3,(H,40,44)/t19?,20-,22-,23?,26+,27-,29+,34+/m0/s1.